The van der Waals surface area contributed by atoms with Crippen molar-refractivity contribution in [3.05, 3.63) is 64.8 Å². The zero-order chi connectivity index (χ0) is 15.9. The second-order valence-electron chi connectivity index (χ2n) is 4.66. The van der Waals surface area contributed by atoms with E-state index in [1.165, 1.54) is 0 Å². The van der Waals surface area contributed by atoms with Crippen LogP contribution in [0, 0.1) is 6.92 Å². The van der Waals surface area contributed by atoms with Crippen molar-refractivity contribution >= 4 is 29.4 Å². The summed E-state index contributed by atoms with van der Waals surface area (Å²) >= 11 is 5.91. The summed E-state index contributed by atoms with van der Waals surface area (Å²) < 4.78 is 5.08. The first-order valence-corrected chi connectivity index (χ1v) is 7.10. The first kappa shape index (κ1) is 15.9. The molecular weight excluding hydrogens is 300 g/mol. The lowest BCUT2D eigenvalue weighted by Crippen LogP contribution is -2.24. The van der Waals surface area contributed by atoms with E-state index in [-0.39, 0.29) is 6.03 Å². The molecule has 114 valence electrons. The molecule has 2 aromatic rings. The minimum absolute atomic E-state index is 0.324. The molecule has 0 heterocycles. The number of aryl methyl sites for hydroxylation is 1. The summed E-state index contributed by atoms with van der Waals surface area (Å²) in [6.45, 7) is 1.90. The monoisotopic (exact) mass is 316 g/mol. The van der Waals surface area contributed by atoms with Crippen LogP contribution in [-0.2, 0) is 0 Å². The van der Waals surface area contributed by atoms with E-state index in [1.807, 2.05) is 37.3 Å². The summed E-state index contributed by atoms with van der Waals surface area (Å²) in [5.74, 6) is 0.791. The van der Waals surface area contributed by atoms with Crippen LogP contribution >= 0.6 is 11.6 Å². The number of ether oxygens (including phenoxy) is 1. The van der Waals surface area contributed by atoms with Crippen LogP contribution in [0.4, 0.5) is 10.5 Å². The minimum Gasteiger partial charge on any atom is -0.497 e. The normalized spacial score (nSPS) is 10.5. The Bertz CT molecular complexity index is 682. The first-order valence-electron chi connectivity index (χ1n) is 6.73. The molecule has 0 saturated carbocycles. The molecule has 0 radical (unpaired) electrons. The van der Waals surface area contributed by atoms with Crippen molar-refractivity contribution in [2.45, 2.75) is 6.92 Å². The lowest BCUT2D eigenvalue weighted by atomic mass is 10.2. The van der Waals surface area contributed by atoms with Crippen LogP contribution in [0.2, 0.25) is 5.02 Å². The number of hydrogen-bond acceptors (Lipinski definition) is 2. The smallest absolute Gasteiger partial charge is 0.323 e. The molecule has 2 N–H and O–H groups in total. The van der Waals surface area contributed by atoms with Gasteiger partial charge in [0.15, 0.2) is 0 Å². The minimum atomic E-state index is -0.324. The van der Waals surface area contributed by atoms with Gasteiger partial charge in [0.05, 0.1) is 7.11 Å². The summed E-state index contributed by atoms with van der Waals surface area (Å²) in [6.07, 6.45) is 3.38. The highest BCUT2D eigenvalue weighted by Crippen LogP contribution is 2.19. The van der Waals surface area contributed by atoms with E-state index in [2.05, 4.69) is 10.6 Å². The van der Waals surface area contributed by atoms with Crippen LogP contribution in [0.5, 0.6) is 5.75 Å². The summed E-state index contributed by atoms with van der Waals surface area (Å²) in [5.41, 5.74) is 2.58. The fourth-order valence-corrected chi connectivity index (χ4v) is 1.99. The Morgan fingerprint density at radius 2 is 1.91 bits per heavy atom. The van der Waals surface area contributed by atoms with Gasteiger partial charge in [0.1, 0.15) is 5.75 Å². The number of carbonyl (C=O) groups excluding carboxylic acids is 1. The average Bonchev–Trinajstić information content (AvgIpc) is 2.51. The highest BCUT2D eigenvalue weighted by molar-refractivity contribution is 6.31. The van der Waals surface area contributed by atoms with Crippen LogP contribution in [-0.4, -0.2) is 13.1 Å². The maximum absolute atomic E-state index is 11.8. The summed E-state index contributed by atoms with van der Waals surface area (Å²) in [7, 11) is 1.62. The van der Waals surface area contributed by atoms with Crippen LogP contribution in [0.1, 0.15) is 11.1 Å². The van der Waals surface area contributed by atoms with Crippen LogP contribution < -0.4 is 15.4 Å². The number of anilines is 1. The highest BCUT2D eigenvalue weighted by atomic mass is 35.5. The third-order valence-electron chi connectivity index (χ3n) is 3.05. The van der Waals surface area contributed by atoms with Crippen molar-refractivity contribution in [2.75, 3.05) is 12.4 Å². The van der Waals surface area contributed by atoms with Crippen molar-refractivity contribution in [3.63, 3.8) is 0 Å². The molecule has 0 fully saturated rings. The second-order valence-corrected chi connectivity index (χ2v) is 5.10. The topological polar surface area (TPSA) is 50.4 Å². The van der Waals surface area contributed by atoms with Gasteiger partial charge in [-0.3, -0.25) is 0 Å². The van der Waals surface area contributed by atoms with Crippen molar-refractivity contribution in [1.29, 1.82) is 0 Å². The third-order valence-corrected chi connectivity index (χ3v) is 3.29. The molecule has 4 nitrogen and oxygen atoms in total. The zero-order valence-corrected chi connectivity index (χ0v) is 13.1. The zero-order valence-electron chi connectivity index (χ0n) is 12.4. The summed E-state index contributed by atoms with van der Waals surface area (Å²) in [4.78, 5) is 11.8. The van der Waals surface area contributed by atoms with Gasteiger partial charge in [0, 0.05) is 16.9 Å². The van der Waals surface area contributed by atoms with Crippen molar-refractivity contribution in [1.82, 2.24) is 5.32 Å². The fourth-order valence-electron chi connectivity index (χ4n) is 1.82. The molecule has 0 bridgehead atoms. The van der Waals surface area contributed by atoms with Crippen LogP contribution in [0.25, 0.3) is 6.08 Å². The molecule has 2 amide bonds. The Hall–Kier alpha value is -2.46. The fraction of sp³-hybridized carbons (Fsp3) is 0.118. The van der Waals surface area contributed by atoms with Crippen molar-refractivity contribution < 1.29 is 9.53 Å². The van der Waals surface area contributed by atoms with Gasteiger partial charge in [0.2, 0.25) is 0 Å². The molecule has 0 aromatic heterocycles. The number of benzene rings is 2. The lowest BCUT2D eigenvalue weighted by Gasteiger charge is -2.08. The number of urea groups is 1. The quantitative estimate of drug-likeness (QED) is 0.875. The van der Waals surface area contributed by atoms with Gasteiger partial charge in [-0.1, -0.05) is 29.8 Å². The van der Waals surface area contributed by atoms with Gasteiger partial charge in [0.25, 0.3) is 0 Å². The third kappa shape index (κ3) is 4.53. The van der Waals surface area contributed by atoms with E-state index in [1.54, 1.807) is 31.5 Å². The van der Waals surface area contributed by atoms with E-state index in [9.17, 15) is 4.79 Å². The van der Waals surface area contributed by atoms with Gasteiger partial charge in [-0.2, -0.15) is 0 Å². The maximum atomic E-state index is 11.8. The molecule has 2 aromatic carbocycles. The Labute approximate surface area is 134 Å². The largest absolute Gasteiger partial charge is 0.497 e. The Morgan fingerprint density at radius 3 is 2.59 bits per heavy atom. The number of amides is 2. The first-order chi connectivity index (χ1) is 10.6. The molecule has 0 aliphatic heterocycles. The van der Waals surface area contributed by atoms with E-state index in [4.69, 9.17) is 16.3 Å². The maximum Gasteiger partial charge on any atom is 0.323 e. The van der Waals surface area contributed by atoms with Gasteiger partial charge in [-0.25, -0.2) is 4.79 Å². The van der Waals surface area contributed by atoms with Gasteiger partial charge < -0.3 is 15.4 Å². The molecule has 0 atom stereocenters. The van der Waals surface area contributed by atoms with Crippen LogP contribution in [0.15, 0.2) is 48.7 Å². The van der Waals surface area contributed by atoms with Crippen molar-refractivity contribution in [3.8, 4) is 5.75 Å². The SMILES string of the molecule is COc1ccc(/C=C/NC(=O)Nc2cc(Cl)ccc2C)cc1. The molecule has 0 aliphatic carbocycles. The Morgan fingerprint density at radius 1 is 1.18 bits per heavy atom. The van der Waals surface area contributed by atoms with E-state index >= 15 is 0 Å². The molecule has 22 heavy (non-hydrogen) atoms. The summed E-state index contributed by atoms with van der Waals surface area (Å²) in [6, 6.07) is 12.5. The molecule has 0 spiro atoms. The Kier molecular flexibility index (Phi) is 5.44. The lowest BCUT2D eigenvalue weighted by molar-refractivity contribution is 0.255. The summed E-state index contributed by atoms with van der Waals surface area (Å²) in [5, 5.41) is 5.98. The van der Waals surface area contributed by atoms with Crippen LogP contribution in [0.3, 0.4) is 0 Å². The standard InChI is InChI=1S/C17H17ClN2O2/c1-12-3-6-14(18)11-16(12)20-17(21)19-10-9-13-4-7-15(22-2)8-5-13/h3-11H,1-2H3,(H2,19,20,21)/b10-9+. The highest BCUT2D eigenvalue weighted by Gasteiger charge is 2.03. The van der Waals surface area contributed by atoms with E-state index in [0.29, 0.717) is 10.7 Å². The number of hydrogen-bond donors (Lipinski definition) is 2. The molecule has 0 unspecified atom stereocenters. The van der Waals surface area contributed by atoms with E-state index in [0.717, 1.165) is 16.9 Å². The molecule has 2 rings (SSSR count). The number of methoxy groups -OCH3 is 1. The second kappa shape index (κ2) is 7.52. The Balaban J connectivity index is 1.91. The molecule has 0 saturated heterocycles. The average molecular weight is 317 g/mol. The van der Waals surface area contributed by atoms with Gasteiger partial charge in [-0.15, -0.1) is 0 Å². The van der Waals surface area contributed by atoms with Gasteiger partial charge >= 0.3 is 6.03 Å². The van der Waals surface area contributed by atoms with Crippen molar-refractivity contribution in [2.24, 2.45) is 0 Å². The molecular formula is C17H17ClN2O2. The molecule has 5 heteroatoms. The number of rotatable bonds is 4. The van der Waals surface area contributed by atoms with E-state index < -0.39 is 0 Å². The predicted octanol–water partition coefficient (Wildman–Crippen LogP) is 4.45. The molecule has 0 aliphatic rings. The number of halogens is 1. The predicted molar refractivity (Wildman–Crippen MR) is 90.4 cm³/mol. The van der Waals surface area contributed by atoms with Gasteiger partial charge in [-0.05, 0) is 48.4 Å². The number of carbonyl (C=O) groups is 1. The number of nitrogens with one attached hydrogen (secondary N) is 2.